The third-order valence-corrected chi connectivity index (χ3v) is 4.09. The average Bonchev–Trinajstić information content (AvgIpc) is 2.98. The minimum absolute atomic E-state index is 0.112. The Balaban J connectivity index is 2.17. The molecule has 0 aliphatic carbocycles. The topological polar surface area (TPSA) is 66.1 Å². The Bertz CT molecular complexity index is 627. The molecule has 1 atom stereocenters. The van der Waals surface area contributed by atoms with Gasteiger partial charge in [-0.15, -0.1) is 0 Å². The number of hydrogen-bond acceptors (Lipinski definition) is 6. The van der Waals surface area contributed by atoms with Gasteiger partial charge < -0.3 is 19.8 Å². The number of rotatable bonds is 10. The number of likely N-dealkylation sites (N-methyl/N-ethyl adjacent to an activating group) is 1. The van der Waals surface area contributed by atoms with Crippen LogP contribution in [0.2, 0.25) is 0 Å². The first kappa shape index (κ1) is 20.3. The van der Waals surface area contributed by atoms with Crippen LogP contribution in [0.1, 0.15) is 6.92 Å². The number of amides is 1. The maximum atomic E-state index is 14.6. The molecule has 1 aromatic rings. The summed E-state index contributed by atoms with van der Waals surface area (Å²) in [5, 5.41) is 2.78. The molecule has 2 rings (SSSR count). The molecule has 1 aromatic carbocycles. The number of carbonyl (C=O) groups is 1. The predicted octanol–water partition coefficient (Wildman–Crippen LogP) is 1.81. The third kappa shape index (κ3) is 4.77. The summed E-state index contributed by atoms with van der Waals surface area (Å²) in [5.74, 6) is -1.50. The number of anilines is 2. The van der Waals surface area contributed by atoms with Gasteiger partial charge in [0.05, 0.1) is 30.9 Å². The Hall–Kier alpha value is -2.04. The van der Waals surface area contributed by atoms with E-state index in [0.29, 0.717) is 19.6 Å². The van der Waals surface area contributed by atoms with Crippen LogP contribution in [0, 0.1) is 11.6 Å². The molecule has 0 bridgehead atoms. The number of ether oxygens (including phenoxy) is 1. The largest absolute Gasteiger partial charge is 0.442 e. The molecular weight excluding hydrogens is 366 g/mol. The zero-order valence-corrected chi connectivity index (χ0v) is 15.4. The molecule has 1 saturated heterocycles. The number of nitrogens with one attached hydrogen (secondary N) is 2. The van der Waals surface area contributed by atoms with E-state index >= 15 is 0 Å². The molecule has 26 heavy (non-hydrogen) atoms. The van der Waals surface area contributed by atoms with E-state index in [1.54, 1.807) is 14.0 Å². The Morgan fingerprint density at radius 2 is 2.15 bits per heavy atom. The van der Waals surface area contributed by atoms with Gasteiger partial charge in [-0.3, -0.25) is 4.90 Å². The lowest BCUT2D eigenvalue weighted by atomic mass is 10.2. The lowest BCUT2D eigenvalue weighted by Gasteiger charge is -2.25. The van der Waals surface area contributed by atoms with Crippen molar-refractivity contribution < 1.29 is 23.1 Å². The van der Waals surface area contributed by atoms with Crippen LogP contribution >= 0.6 is 12.2 Å². The Morgan fingerprint density at radius 3 is 2.73 bits per heavy atom. The fourth-order valence-corrected chi connectivity index (χ4v) is 2.81. The summed E-state index contributed by atoms with van der Waals surface area (Å²) in [4.78, 5) is 19.7. The first-order valence-electron chi connectivity index (χ1n) is 8.19. The summed E-state index contributed by atoms with van der Waals surface area (Å²) in [6.07, 6.45) is -1.10. The molecule has 0 saturated carbocycles. The summed E-state index contributed by atoms with van der Waals surface area (Å²) in [5.41, 5.74) is 3.79. The lowest BCUT2D eigenvalue weighted by Crippen LogP contribution is -2.31. The number of halogens is 2. The summed E-state index contributed by atoms with van der Waals surface area (Å²) >= 11 is 4.65. The average molecular weight is 388 g/mol. The van der Waals surface area contributed by atoms with Gasteiger partial charge in [0.25, 0.3) is 0 Å². The fraction of sp³-hybridized carbons (Fsp3) is 0.500. The molecule has 0 aromatic heterocycles. The van der Waals surface area contributed by atoms with E-state index in [-0.39, 0.29) is 24.5 Å². The number of thiocarbonyl (C=S) groups is 1. The molecule has 1 aliphatic heterocycles. The van der Waals surface area contributed by atoms with Gasteiger partial charge in [-0.1, -0.05) is 12.2 Å². The summed E-state index contributed by atoms with van der Waals surface area (Å²) in [7, 11) is 1.61. The SMILES string of the molecule is CCN(CCONC)c1c(F)cc(N2C[C@H](CNC=S)OC2=O)cc1F. The number of carbonyl (C=O) groups excluding carboxylic acids is 1. The summed E-state index contributed by atoms with van der Waals surface area (Å²) in [6.45, 7) is 3.28. The zero-order chi connectivity index (χ0) is 19.1. The maximum absolute atomic E-state index is 14.6. The molecule has 1 heterocycles. The molecule has 0 unspecified atom stereocenters. The van der Waals surface area contributed by atoms with Crippen molar-refractivity contribution in [3.05, 3.63) is 23.8 Å². The Kier molecular flexibility index (Phi) is 7.49. The Morgan fingerprint density at radius 1 is 1.46 bits per heavy atom. The smallest absolute Gasteiger partial charge is 0.414 e. The maximum Gasteiger partial charge on any atom is 0.414 e. The first-order chi connectivity index (χ1) is 12.5. The normalized spacial score (nSPS) is 16.5. The van der Waals surface area contributed by atoms with Gasteiger partial charge >= 0.3 is 6.09 Å². The van der Waals surface area contributed by atoms with Gasteiger partial charge in [0, 0.05) is 32.3 Å². The molecule has 7 nitrogen and oxygen atoms in total. The number of hydrogen-bond donors (Lipinski definition) is 2. The first-order valence-corrected chi connectivity index (χ1v) is 8.66. The highest BCUT2D eigenvalue weighted by Crippen LogP contribution is 2.30. The number of nitrogens with zero attached hydrogens (tertiary/aromatic N) is 2. The van der Waals surface area contributed by atoms with E-state index in [9.17, 15) is 13.6 Å². The highest BCUT2D eigenvalue weighted by Gasteiger charge is 2.33. The van der Waals surface area contributed by atoms with E-state index in [0.717, 1.165) is 12.1 Å². The van der Waals surface area contributed by atoms with Gasteiger partial charge in [0.2, 0.25) is 0 Å². The van der Waals surface area contributed by atoms with Gasteiger partial charge in [-0.25, -0.2) is 19.1 Å². The van der Waals surface area contributed by atoms with Crippen LogP contribution in [0.3, 0.4) is 0 Å². The van der Waals surface area contributed by atoms with Crippen LogP contribution < -0.4 is 20.6 Å². The number of benzene rings is 1. The van der Waals surface area contributed by atoms with Gasteiger partial charge in [0.15, 0.2) is 11.6 Å². The number of cyclic esters (lactones) is 1. The minimum atomic E-state index is -0.750. The molecular formula is C16H22F2N4O3S. The molecule has 0 spiro atoms. The van der Waals surface area contributed by atoms with Gasteiger partial charge in [-0.05, 0) is 6.92 Å². The summed E-state index contributed by atoms with van der Waals surface area (Å²) in [6, 6.07) is 2.27. The van der Waals surface area contributed by atoms with Crippen LogP contribution in [0.4, 0.5) is 25.0 Å². The zero-order valence-electron chi connectivity index (χ0n) is 14.6. The second-order valence-electron chi connectivity index (χ2n) is 5.53. The van der Waals surface area contributed by atoms with Crippen molar-refractivity contribution in [2.24, 2.45) is 0 Å². The molecule has 1 aliphatic rings. The van der Waals surface area contributed by atoms with Crippen molar-refractivity contribution in [2.45, 2.75) is 13.0 Å². The van der Waals surface area contributed by atoms with Crippen molar-refractivity contribution >= 4 is 35.2 Å². The van der Waals surface area contributed by atoms with Crippen LogP contribution in [0.15, 0.2) is 12.1 Å². The highest BCUT2D eigenvalue weighted by atomic mass is 32.1. The second-order valence-corrected chi connectivity index (χ2v) is 5.77. The fourth-order valence-electron chi connectivity index (χ4n) is 2.71. The molecule has 1 amide bonds. The standard InChI is InChI=1S/C16H22F2N4O3S/c1-3-21(4-5-24-19-2)15-13(17)6-11(7-14(15)18)22-9-12(8-20-10-26)25-16(22)23/h6-7,10,12,19H,3-5,8-9H2,1-2H3,(H,20,26)/t12-/m0/s1. The summed E-state index contributed by atoms with van der Waals surface area (Å²) < 4.78 is 34.3. The van der Waals surface area contributed by atoms with E-state index in [2.05, 4.69) is 23.0 Å². The predicted molar refractivity (Wildman–Crippen MR) is 98.5 cm³/mol. The molecule has 2 N–H and O–H groups in total. The molecule has 1 fully saturated rings. The van der Waals surface area contributed by atoms with E-state index in [1.807, 2.05) is 0 Å². The van der Waals surface area contributed by atoms with E-state index < -0.39 is 23.8 Å². The van der Waals surface area contributed by atoms with E-state index in [1.165, 1.54) is 15.3 Å². The van der Waals surface area contributed by atoms with Crippen LogP contribution in [0.25, 0.3) is 0 Å². The second kappa shape index (κ2) is 9.60. The molecule has 0 radical (unpaired) electrons. The highest BCUT2D eigenvalue weighted by molar-refractivity contribution is 7.78. The van der Waals surface area contributed by atoms with Gasteiger partial charge in [0.1, 0.15) is 11.8 Å². The number of hydroxylamine groups is 1. The van der Waals surface area contributed by atoms with Crippen molar-refractivity contribution in [2.75, 3.05) is 49.6 Å². The van der Waals surface area contributed by atoms with Crippen molar-refractivity contribution in [1.29, 1.82) is 0 Å². The lowest BCUT2D eigenvalue weighted by molar-refractivity contribution is 0.0631. The monoisotopic (exact) mass is 388 g/mol. The molecule has 144 valence electrons. The minimum Gasteiger partial charge on any atom is -0.442 e. The van der Waals surface area contributed by atoms with Crippen LogP contribution in [-0.4, -0.2) is 57.5 Å². The van der Waals surface area contributed by atoms with Crippen LogP contribution in [0.5, 0.6) is 0 Å². The van der Waals surface area contributed by atoms with Gasteiger partial charge in [-0.2, -0.15) is 0 Å². The van der Waals surface area contributed by atoms with E-state index in [4.69, 9.17) is 9.57 Å². The van der Waals surface area contributed by atoms with Crippen molar-refractivity contribution in [3.8, 4) is 0 Å². The van der Waals surface area contributed by atoms with Crippen molar-refractivity contribution in [1.82, 2.24) is 10.8 Å². The van der Waals surface area contributed by atoms with Crippen LogP contribution in [-0.2, 0) is 9.57 Å². The third-order valence-electron chi connectivity index (χ3n) is 3.92. The Labute approximate surface area is 156 Å². The quantitative estimate of drug-likeness (QED) is 0.360. The molecule has 10 heteroatoms. The van der Waals surface area contributed by atoms with Crippen molar-refractivity contribution in [3.63, 3.8) is 0 Å².